The fourth-order valence-corrected chi connectivity index (χ4v) is 1.54. The number of hydrogen-bond acceptors (Lipinski definition) is 7. The van der Waals surface area contributed by atoms with E-state index >= 15 is 0 Å². The minimum atomic E-state index is -5.11. The van der Waals surface area contributed by atoms with Crippen molar-refractivity contribution in [3.8, 4) is 0 Å². The summed E-state index contributed by atoms with van der Waals surface area (Å²) in [5.41, 5.74) is 0. The molecule has 0 fully saturated rings. The Balaban J connectivity index is -0.000000101. The van der Waals surface area contributed by atoms with Crippen LogP contribution in [0.2, 0.25) is 0 Å². The third-order valence-corrected chi connectivity index (χ3v) is 2.30. The predicted molar refractivity (Wildman–Crippen MR) is 36.8 cm³/mol. The molecule has 78 valence electrons. The maximum atomic E-state index is 10.3. The summed E-state index contributed by atoms with van der Waals surface area (Å²) in [6.45, 7) is -1.29. The molecule has 2 N–H and O–H groups in total. The van der Waals surface area contributed by atoms with Gasteiger partial charge in [0.15, 0.2) is 0 Å². The second kappa shape index (κ2) is 8.84. The van der Waals surface area contributed by atoms with Gasteiger partial charge in [-0.15, -0.1) is 3.63 Å². The average Bonchev–Trinajstić information content (AvgIpc) is 1.78. The van der Waals surface area contributed by atoms with Gasteiger partial charge in [0, 0.05) is 0 Å². The Hall–Kier alpha value is 1.74. The van der Waals surface area contributed by atoms with Crippen LogP contribution in [0.4, 0.5) is 0 Å². The Labute approximate surface area is 129 Å². The van der Waals surface area contributed by atoms with E-state index in [1.807, 2.05) is 0 Å². The van der Waals surface area contributed by atoms with Crippen molar-refractivity contribution in [3.05, 3.63) is 0 Å². The Morgan fingerprint density at radius 3 is 1.86 bits per heavy atom. The summed E-state index contributed by atoms with van der Waals surface area (Å²) >= 11 is 0. The van der Waals surface area contributed by atoms with Crippen LogP contribution in [0.3, 0.4) is 0 Å². The topological polar surface area (TPSA) is 127 Å². The van der Waals surface area contributed by atoms with Crippen molar-refractivity contribution in [1.29, 1.82) is 0 Å². The van der Waals surface area contributed by atoms with Crippen molar-refractivity contribution in [2.24, 2.45) is 0 Å². The van der Waals surface area contributed by atoms with Crippen LogP contribution in [0.1, 0.15) is 2.85 Å². The number of hydrogen-bond donors (Lipinski definition) is 2. The van der Waals surface area contributed by atoms with Crippen LogP contribution in [0.25, 0.3) is 0 Å². The molecule has 0 aromatic heterocycles. The van der Waals surface area contributed by atoms with Crippen molar-refractivity contribution in [2.45, 2.75) is 0 Å². The van der Waals surface area contributed by atoms with Crippen molar-refractivity contribution >= 4 is 20.8 Å². The Morgan fingerprint density at radius 1 is 1.14 bits per heavy atom. The van der Waals surface area contributed by atoms with Gasteiger partial charge in [0.2, 0.25) is 0 Å². The van der Waals surface area contributed by atoms with Crippen LogP contribution >= 0.6 is 0 Å². The normalized spacial score (nSPS) is 11.3. The first-order valence-corrected chi connectivity index (χ1v) is 5.15. The summed E-state index contributed by atoms with van der Waals surface area (Å²) in [6.07, 6.45) is 0. The number of aliphatic hydroxyl groups excluding tert-OH is 1. The van der Waals surface area contributed by atoms with Crippen molar-refractivity contribution in [1.82, 2.24) is 0 Å². The van der Waals surface area contributed by atoms with Gasteiger partial charge in [-0.2, -0.15) is 16.8 Å². The zero-order valence-corrected chi connectivity index (χ0v) is 13.2. The van der Waals surface area contributed by atoms with Gasteiger partial charge in [0.1, 0.15) is 0 Å². The maximum absolute atomic E-state index is 10.3. The molecule has 0 saturated heterocycles. The smallest absolute Gasteiger partial charge is 1.00 e. The molecule has 0 amide bonds. The first kappa shape index (κ1) is 21.1. The van der Waals surface area contributed by atoms with Gasteiger partial charge >= 0.3 is 79.9 Å². The number of aliphatic hydroxyl groups is 1. The van der Waals surface area contributed by atoms with Crippen molar-refractivity contribution in [3.63, 3.8) is 0 Å². The third-order valence-electron chi connectivity index (χ3n) is 0.488. The minimum Gasteiger partial charge on any atom is -1.00 e. The molecule has 0 aromatic carbocycles. The maximum Gasteiger partial charge on any atom is 1.00 e. The molecule has 0 aliphatic heterocycles. The van der Waals surface area contributed by atoms with E-state index < -0.39 is 34.0 Å². The molecule has 0 aliphatic carbocycles. The van der Waals surface area contributed by atoms with Crippen LogP contribution in [0.5, 0.6) is 0 Å². The fourth-order valence-electron chi connectivity index (χ4n) is 0.264. The zero-order chi connectivity index (χ0) is 9.83. The predicted octanol–water partition coefficient (Wildman–Crippen LogP) is -7.71. The van der Waals surface area contributed by atoms with Gasteiger partial charge in [0.25, 0.3) is 0 Å². The van der Waals surface area contributed by atoms with E-state index in [4.69, 9.17) is 9.66 Å². The van der Waals surface area contributed by atoms with E-state index in [2.05, 4.69) is 7.81 Å². The fraction of sp³-hybridized carbons (Fsp3) is 1.00. The molecule has 0 atom stereocenters. The largest absolute Gasteiger partial charge is 1.00 e. The molecule has 0 bridgehead atoms. The molecule has 0 heterocycles. The molecule has 14 heavy (non-hydrogen) atoms. The minimum absolute atomic E-state index is 0. The first-order valence-electron chi connectivity index (χ1n) is 2.45. The van der Waals surface area contributed by atoms with E-state index in [9.17, 15) is 16.8 Å². The first-order chi connectivity index (χ1) is 5.27. The summed E-state index contributed by atoms with van der Waals surface area (Å²) in [4.78, 5) is 0. The standard InChI is InChI=1S/C2H6O8S2.2Na.2H/c3-1-2-9-12(7,8)10-11(4,5)6;;;;/h3H,1-2H2,(H,4,5,6);;;;/q;2*+1;2*-1. The van der Waals surface area contributed by atoms with Crippen LogP contribution in [-0.2, 0) is 28.6 Å². The average molecular weight is 270 g/mol. The van der Waals surface area contributed by atoms with Crippen LogP contribution in [0.15, 0.2) is 0 Å². The zero-order valence-electron chi connectivity index (χ0n) is 9.57. The molecule has 0 unspecified atom stereocenters. The molecule has 0 radical (unpaired) electrons. The third kappa shape index (κ3) is 13.7. The molecule has 8 nitrogen and oxygen atoms in total. The second-order valence-corrected chi connectivity index (χ2v) is 3.90. The molecule has 12 heteroatoms. The Morgan fingerprint density at radius 2 is 1.57 bits per heavy atom. The second-order valence-electron chi connectivity index (χ2n) is 1.45. The van der Waals surface area contributed by atoms with Crippen LogP contribution in [-0.4, -0.2) is 39.7 Å². The molecule has 0 aliphatic rings. The van der Waals surface area contributed by atoms with Gasteiger partial charge in [-0.1, -0.05) is 0 Å². The Kier molecular flexibility index (Phi) is 13.3. The van der Waals surface area contributed by atoms with Crippen LogP contribution in [0, 0.1) is 0 Å². The van der Waals surface area contributed by atoms with Gasteiger partial charge in [-0.25, -0.2) is 4.18 Å². The molecular weight excluding hydrogens is 262 g/mol. The number of rotatable bonds is 5. The summed E-state index contributed by atoms with van der Waals surface area (Å²) in [7, 11) is -9.91. The molecule has 0 rings (SSSR count). The Bertz CT molecular complexity index is 326. The summed E-state index contributed by atoms with van der Waals surface area (Å²) < 4.78 is 55.0. The van der Waals surface area contributed by atoms with E-state index in [1.54, 1.807) is 0 Å². The quantitative estimate of drug-likeness (QED) is 0.372. The molecule has 0 spiro atoms. The van der Waals surface area contributed by atoms with E-state index in [1.165, 1.54) is 0 Å². The SMILES string of the molecule is O=S(=O)(O)OS(=O)(=O)OCCO.[H-].[H-].[Na+].[Na+]. The van der Waals surface area contributed by atoms with Gasteiger partial charge < -0.3 is 7.96 Å². The van der Waals surface area contributed by atoms with Gasteiger partial charge in [-0.05, 0) is 0 Å². The summed E-state index contributed by atoms with van der Waals surface area (Å²) in [5, 5.41) is 8.07. The van der Waals surface area contributed by atoms with Crippen LogP contribution < -0.4 is 59.1 Å². The van der Waals surface area contributed by atoms with Gasteiger partial charge in [-0.3, -0.25) is 4.55 Å². The summed E-state index contributed by atoms with van der Waals surface area (Å²) in [5.74, 6) is 0. The van der Waals surface area contributed by atoms with Crippen molar-refractivity contribution < 1.29 is 96.3 Å². The van der Waals surface area contributed by atoms with Gasteiger partial charge in [0.05, 0.1) is 13.2 Å². The van der Waals surface area contributed by atoms with E-state index in [0.717, 1.165) is 0 Å². The molecular formula is C2H8Na2O8S2. The monoisotopic (exact) mass is 270 g/mol. The molecule has 0 saturated carbocycles. The van der Waals surface area contributed by atoms with Crippen molar-refractivity contribution in [2.75, 3.05) is 13.2 Å². The summed E-state index contributed by atoms with van der Waals surface area (Å²) in [6, 6.07) is 0. The van der Waals surface area contributed by atoms with E-state index in [0.29, 0.717) is 0 Å². The van der Waals surface area contributed by atoms with E-state index in [-0.39, 0.29) is 62.0 Å². The molecule has 0 aromatic rings.